The monoisotopic (exact) mass is 233 g/mol. The summed E-state index contributed by atoms with van der Waals surface area (Å²) in [6, 6.07) is 5.00. The molecule has 0 bridgehead atoms. The molecule has 0 aliphatic carbocycles. The molecule has 2 aromatic rings. The third-order valence-electron chi connectivity index (χ3n) is 3.73. The van der Waals surface area contributed by atoms with Gasteiger partial charge < -0.3 is 9.73 Å². The molecule has 1 fully saturated rings. The normalized spacial score (nSPS) is 25.3. The van der Waals surface area contributed by atoms with E-state index in [1.54, 1.807) is 12.3 Å². The molecule has 2 nitrogen and oxygen atoms in total. The van der Waals surface area contributed by atoms with E-state index in [0.29, 0.717) is 11.8 Å². The highest BCUT2D eigenvalue weighted by Gasteiger charge is 2.25. The van der Waals surface area contributed by atoms with E-state index in [4.69, 9.17) is 4.42 Å². The van der Waals surface area contributed by atoms with E-state index in [1.807, 2.05) is 6.07 Å². The molecule has 1 aromatic carbocycles. The molecule has 1 N–H and O–H groups in total. The second kappa shape index (κ2) is 4.15. The number of rotatable bonds is 1. The maximum Gasteiger partial charge on any atom is 0.137 e. The number of fused-ring (bicyclic) bond motifs is 1. The van der Waals surface area contributed by atoms with Crippen LogP contribution in [0.4, 0.5) is 4.39 Å². The van der Waals surface area contributed by atoms with Crippen molar-refractivity contribution in [1.82, 2.24) is 5.32 Å². The molecule has 2 atom stereocenters. The lowest BCUT2D eigenvalue weighted by Gasteiger charge is -2.29. The number of nitrogens with one attached hydrogen (secondary N) is 1. The maximum absolute atomic E-state index is 13.6. The van der Waals surface area contributed by atoms with Crippen LogP contribution in [0, 0.1) is 11.7 Å². The van der Waals surface area contributed by atoms with Crippen molar-refractivity contribution in [2.75, 3.05) is 13.1 Å². The average Bonchev–Trinajstić information content (AvgIpc) is 2.76. The van der Waals surface area contributed by atoms with E-state index in [9.17, 15) is 4.39 Å². The fourth-order valence-electron chi connectivity index (χ4n) is 2.82. The summed E-state index contributed by atoms with van der Waals surface area (Å²) in [7, 11) is 0. The van der Waals surface area contributed by atoms with E-state index < -0.39 is 0 Å². The van der Waals surface area contributed by atoms with Crippen molar-refractivity contribution in [3.05, 3.63) is 35.8 Å². The summed E-state index contributed by atoms with van der Waals surface area (Å²) in [5.74, 6) is 0.735. The number of piperidine rings is 1. The van der Waals surface area contributed by atoms with Gasteiger partial charge in [0.25, 0.3) is 0 Å². The molecule has 2 heterocycles. The van der Waals surface area contributed by atoms with E-state index in [0.717, 1.165) is 36.0 Å². The summed E-state index contributed by atoms with van der Waals surface area (Å²) >= 11 is 0. The molecule has 1 saturated heterocycles. The quantitative estimate of drug-likeness (QED) is 0.817. The minimum Gasteiger partial charge on any atom is -0.464 e. The average molecular weight is 233 g/mol. The summed E-state index contributed by atoms with van der Waals surface area (Å²) in [6.07, 6.45) is 2.68. The molecule has 3 rings (SSSR count). The maximum atomic E-state index is 13.6. The molecule has 0 amide bonds. The lowest BCUT2D eigenvalue weighted by molar-refractivity contribution is 0.348. The third-order valence-corrected chi connectivity index (χ3v) is 3.73. The van der Waals surface area contributed by atoms with Crippen LogP contribution in [0.2, 0.25) is 0 Å². The molecule has 3 heteroatoms. The first-order chi connectivity index (χ1) is 8.25. The predicted octanol–water partition coefficient (Wildman–Crippen LogP) is 3.28. The first-order valence-corrected chi connectivity index (χ1v) is 6.13. The fraction of sp³-hybridized carbons (Fsp3) is 0.429. The van der Waals surface area contributed by atoms with Crippen molar-refractivity contribution >= 4 is 11.0 Å². The summed E-state index contributed by atoms with van der Waals surface area (Å²) in [6.45, 7) is 4.19. The Morgan fingerprint density at radius 3 is 3.12 bits per heavy atom. The Balaban J connectivity index is 2.11. The topological polar surface area (TPSA) is 25.2 Å². The van der Waals surface area contributed by atoms with Crippen LogP contribution in [0.25, 0.3) is 11.0 Å². The van der Waals surface area contributed by atoms with Crippen molar-refractivity contribution in [2.45, 2.75) is 19.3 Å². The van der Waals surface area contributed by atoms with Crippen LogP contribution in [0.1, 0.15) is 24.8 Å². The van der Waals surface area contributed by atoms with Gasteiger partial charge >= 0.3 is 0 Å². The van der Waals surface area contributed by atoms with Crippen molar-refractivity contribution in [3.63, 3.8) is 0 Å². The number of furan rings is 1. The minimum atomic E-state index is -0.167. The van der Waals surface area contributed by atoms with Gasteiger partial charge in [0.05, 0.1) is 6.26 Å². The Morgan fingerprint density at radius 1 is 1.41 bits per heavy atom. The third kappa shape index (κ3) is 1.84. The molecule has 1 aliphatic heterocycles. The Morgan fingerprint density at radius 2 is 2.29 bits per heavy atom. The van der Waals surface area contributed by atoms with E-state index >= 15 is 0 Å². The van der Waals surface area contributed by atoms with Gasteiger partial charge in [0.2, 0.25) is 0 Å². The zero-order chi connectivity index (χ0) is 11.8. The summed E-state index contributed by atoms with van der Waals surface area (Å²) in [4.78, 5) is 0. The SMILES string of the molecule is C[C@@H]1CNCC[C@H]1c1cc(F)cc2ccoc12. The molecule has 0 radical (unpaired) electrons. The summed E-state index contributed by atoms with van der Waals surface area (Å²) < 4.78 is 19.1. The molecule has 0 unspecified atom stereocenters. The van der Waals surface area contributed by atoms with Crippen molar-refractivity contribution < 1.29 is 8.81 Å². The van der Waals surface area contributed by atoms with Crippen LogP contribution in [-0.2, 0) is 0 Å². The highest BCUT2D eigenvalue weighted by molar-refractivity contribution is 5.81. The Kier molecular flexibility index (Phi) is 2.63. The first kappa shape index (κ1) is 10.8. The van der Waals surface area contributed by atoms with Gasteiger partial charge in [-0.1, -0.05) is 6.92 Å². The van der Waals surface area contributed by atoms with Crippen LogP contribution in [0.5, 0.6) is 0 Å². The number of benzene rings is 1. The predicted molar refractivity (Wildman–Crippen MR) is 65.6 cm³/mol. The van der Waals surface area contributed by atoms with Gasteiger partial charge in [-0.05, 0) is 49.5 Å². The first-order valence-electron chi connectivity index (χ1n) is 6.13. The van der Waals surface area contributed by atoms with Crippen LogP contribution < -0.4 is 5.32 Å². The van der Waals surface area contributed by atoms with Gasteiger partial charge in [0.1, 0.15) is 11.4 Å². The standard InChI is InChI=1S/C14H16FNO/c1-9-8-16-4-2-12(9)13-7-11(15)6-10-3-5-17-14(10)13/h3,5-7,9,12,16H,2,4,8H2,1H3/t9-,12-/m1/s1. The van der Waals surface area contributed by atoms with Gasteiger partial charge in [-0.15, -0.1) is 0 Å². The van der Waals surface area contributed by atoms with E-state index in [1.165, 1.54) is 6.07 Å². The summed E-state index contributed by atoms with van der Waals surface area (Å²) in [5.41, 5.74) is 1.88. The number of halogens is 1. The van der Waals surface area contributed by atoms with Crippen LogP contribution in [-0.4, -0.2) is 13.1 Å². The van der Waals surface area contributed by atoms with Crippen molar-refractivity contribution in [3.8, 4) is 0 Å². The Hall–Kier alpha value is -1.35. The van der Waals surface area contributed by atoms with Crippen LogP contribution in [0.3, 0.4) is 0 Å². The second-order valence-electron chi connectivity index (χ2n) is 4.91. The lowest BCUT2D eigenvalue weighted by atomic mass is 9.82. The summed E-state index contributed by atoms with van der Waals surface area (Å²) in [5, 5.41) is 4.23. The van der Waals surface area contributed by atoms with Crippen molar-refractivity contribution in [2.24, 2.45) is 5.92 Å². The van der Waals surface area contributed by atoms with E-state index in [2.05, 4.69) is 12.2 Å². The smallest absolute Gasteiger partial charge is 0.137 e. The fourth-order valence-corrected chi connectivity index (χ4v) is 2.82. The number of hydrogen-bond donors (Lipinski definition) is 1. The highest BCUT2D eigenvalue weighted by Crippen LogP contribution is 2.35. The van der Waals surface area contributed by atoms with E-state index in [-0.39, 0.29) is 5.82 Å². The molecular formula is C14H16FNO. The van der Waals surface area contributed by atoms with Gasteiger partial charge in [0, 0.05) is 10.9 Å². The van der Waals surface area contributed by atoms with Gasteiger partial charge in [-0.25, -0.2) is 4.39 Å². The zero-order valence-corrected chi connectivity index (χ0v) is 9.87. The molecule has 1 aromatic heterocycles. The molecule has 17 heavy (non-hydrogen) atoms. The Labute approximate surface area is 99.8 Å². The molecule has 0 spiro atoms. The highest BCUT2D eigenvalue weighted by atomic mass is 19.1. The number of hydrogen-bond acceptors (Lipinski definition) is 2. The Bertz CT molecular complexity index is 534. The molecule has 0 saturated carbocycles. The van der Waals surface area contributed by atoms with Gasteiger partial charge in [0.15, 0.2) is 0 Å². The van der Waals surface area contributed by atoms with Gasteiger partial charge in [-0.3, -0.25) is 0 Å². The van der Waals surface area contributed by atoms with Gasteiger partial charge in [-0.2, -0.15) is 0 Å². The van der Waals surface area contributed by atoms with Crippen LogP contribution in [0.15, 0.2) is 28.9 Å². The van der Waals surface area contributed by atoms with Crippen LogP contribution >= 0.6 is 0 Å². The second-order valence-corrected chi connectivity index (χ2v) is 4.91. The largest absolute Gasteiger partial charge is 0.464 e. The minimum absolute atomic E-state index is 0.167. The lowest BCUT2D eigenvalue weighted by Crippen LogP contribution is -2.33. The molecule has 90 valence electrons. The zero-order valence-electron chi connectivity index (χ0n) is 9.87. The molecule has 1 aliphatic rings. The molecular weight excluding hydrogens is 217 g/mol. The van der Waals surface area contributed by atoms with Crippen molar-refractivity contribution in [1.29, 1.82) is 0 Å².